The van der Waals surface area contributed by atoms with Crippen molar-refractivity contribution in [2.45, 2.75) is 13.8 Å². The van der Waals surface area contributed by atoms with Crippen LogP contribution in [0.2, 0.25) is 0 Å². The number of nitrogen functional groups attached to an aromatic ring is 1. The van der Waals surface area contributed by atoms with E-state index in [2.05, 4.69) is 20.6 Å². The van der Waals surface area contributed by atoms with Gasteiger partial charge in [-0.2, -0.15) is 4.98 Å². The number of nitrogens with zero attached hydrogens (tertiary/aromatic N) is 2. The number of aromatic nitrogens is 2. The summed E-state index contributed by atoms with van der Waals surface area (Å²) in [4.78, 5) is 8.67. The van der Waals surface area contributed by atoms with Gasteiger partial charge < -0.3 is 16.4 Å². The Hall–Kier alpha value is -2.30. The van der Waals surface area contributed by atoms with Crippen LogP contribution in [0, 0.1) is 6.92 Å². The number of rotatable bonds is 4. The SMILES string of the molecule is CCNc1nc(C)cc(Nc2ccc(N)cc2)n1. The van der Waals surface area contributed by atoms with Crippen LogP contribution in [0.25, 0.3) is 0 Å². The Morgan fingerprint density at radius 1 is 1.17 bits per heavy atom. The number of hydrogen-bond donors (Lipinski definition) is 3. The van der Waals surface area contributed by atoms with E-state index in [1.807, 2.05) is 44.2 Å². The zero-order valence-electron chi connectivity index (χ0n) is 10.6. The third-order valence-electron chi connectivity index (χ3n) is 2.37. The number of anilines is 4. The van der Waals surface area contributed by atoms with Gasteiger partial charge in [-0.1, -0.05) is 0 Å². The smallest absolute Gasteiger partial charge is 0.224 e. The number of hydrogen-bond acceptors (Lipinski definition) is 5. The van der Waals surface area contributed by atoms with Crippen molar-refractivity contribution < 1.29 is 0 Å². The van der Waals surface area contributed by atoms with Crippen LogP contribution < -0.4 is 16.4 Å². The number of benzene rings is 1. The largest absolute Gasteiger partial charge is 0.399 e. The van der Waals surface area contributed by atoms with Crippen molar-refractivity contribution >= 4 is 23.1 Å². The molecule has 4 N–H and O–H groups in total. The van der Waals surface area contributed by atoms with E-state index in [4.69, 9.17) is 5.73 Å². The van der Waals surface area contributed by atoms with Crippen LogP contribution in [0.3, 0.4) is 0 Å². The second-order valence-electron chi connectivity index (χ2n) is 4.00. The van der Waals surface area contributed by atoms with E-state index in [0.717, 1.165) is 29.4 Å². The average Bonchev–Trinajstić information content (AvgIpc) is 2.32. The van der Waals surface area contributed by atoms with Crippen LogP contribution in [0.4, 0.5) is 23.1 Å². The summed E-state index contributed by atoms with van der Waals surface area (Å²) >= 11 is 0. The van der Waals surface area contributed by atoms with Crippen LogP contribution in [-0.4, -0.2) is 16.5 Å². The fourth-order valence-electron chi connectivity index (χ4n) is 1.58. The van der Waals surface area contributed by atoms with Crippen LogP contribution >= 0.6 is 0 Å². The molecular formula is C13H17N5. The standard InChI is InChI=1S/C13H17N5/c1-3-15-13-16-9(2)8-12(18-13)17-11-6-4-10(14)5-7-11/h4-8H,3,14H2,1-2H3,(H2,15,16,17,18). The van der Waals surface area contributed by atoms with Crippen LogP contribution in [0.15, 0.2) is 30.3 Å². The maximum absolute atomic E-state index is 5.64. The molecule has 5 nitrogen and oxygen atoms in total. The van der Waals surface area contributed by atoms with Crippen molar-refractivity contribution in [1.29, 1.82) is 0 Å². The number of nitrogens with two attached hydrogens (primary N) is 1. The van der Waals surface area contributed by atoms with Crippen molar-refractivity contribution in [1.82, 2.24) is 9.97 Å². The first-order chi connectivity index (χ1) is 8.67. The van der Waals surface area contributed by atoms with Gasteiger partial charge in [0.25, 0.3) is 0 Å². The van der Waals surface area contributed by atoms with Gasteiger partial charge in [-0.05, 0) is 38.1 Å². The highest BCUT2D eigenvalue weighted by molar-refractivity contribution is 5.60. The normalized spacial score (nSPS) is 10.1. The molecule has 2 rings (SSSR count). The van der Waals surface area contributed by atoms with E-state index in [9.17, 15) is 0 Å². The van der Waals surface area contributed by atoms with Crippen LogP contribution in [0.5, 0.6) is 0 Å². The predicted molar refractivity (Wildman–Crippen MR) is 75.1 cm³/mol. The molecule has 18 heavy (non-hydrogen) atoms. The fraction of sp³-hybridized carbons (Fsp3) is 0.231. The molecule has 0 aliphatic rings. The summed E-state index contributed by atoms with van der Waals surface area (Å²) in [5, 5.41) is 6.33. The summed E-state index contributed by atoms with van der Waals surface area (Å²) in [6.45, 7) is 4.75. The second kappa shape index (κ2) is 5.35. The molecule has 0 spiro atoms. The summed E-state index contributed by atoms with van der Waals surface area (Å²) < 4.78 is 0. The lowest BCUT2D eigenvalue weighted by molar-refractivity contribution is 1.05. The molecule has 1 aromatic heterocycles. The first-order valence-corrected chi connectivity index (χ1v) is 5.89. The average molecular weight is 243 g/mol. The number of nitrogens with one attached hydrogen (secondary N) is 2. The van der Waals surface area contributed by atoms with Crippen LogP contribution in [0.1, 0.15) is 12.6 Å². The van der Waals surface area contributed by atoms with Gasteiger partial charge >= 0.3 is 0 Å². The molecule has 0 fully saturated rings. The van der Waals surface area contributed by atoms with Crippen molar-refractivity contribution in [3.63, 3.8) is 0 Å². The van der Waals surface area contributed by atoms with Gasteiger partial charge in [-0.15, -0.1) is 0 Å². The van der Waals surface area contributed by atoms with Gasteiger partial charge in [0.05, 0.1) is 0 Å². The predicted octanol–water partition coefficient (Wildman–Crippen LogP) is 2.54. The van der Waals surface area contributed by atoms with E-state index in [1.54, 1.807) is 0 Å². The van der Waals surface area contributed by atoms with Gasteiger partial charge in [0.1, 0.15) is 5.82 Å². The highest BCUT2D eigenvalue weighted by Crippen LogP contribution is 2.17. The molecule has 94 valence electrons. The van der Waals surface area contributed by atoms with Crippen molar-refractivity contribution in [2.75, 3.05) is 22.9 Å². The minimum atomic E-state index is 0.635. The zero-order valence-corrected chi connectivity index (χ0v) is 10.6. The van der Waals surface area contributed by atoms with E-state index in [1.165, 1.54) is 0 Å². The van der Waals surface area contributed by atoms with E-state index >= 15 is 0 Å². The van der Waals surface area contributed by atoms with E-state index in [0.29, 0.717) is 5.95 Å². The molecule has 2 aromatic rings. The quantitative estimate of drug-likeness (QED) is 0.719. The topological polar surface area (TPSA) is 75.9 Å². The molecule has 0 aliphatic heterocycles. The van der Waals surface area contributed by atoms with Gasteiger partial charge in [-0.25, -0.2) is 4.98 Å². The molecule has 0 saturated carbocycles. The Labute approximate surface area is 106 Å². The van der Waals surface area contributed by atoms with E-state index in [-0.39, 0.29) is 0 Å². The highest BCUT2D eigenvalue weighted by atomic mass is 15.1. The molecule has 1 heterocycles. The monoisotopic (exact) mass is 243 g/mol. The maximum atomic E-state index is 5.64. The lowest BCUT2D eigenvalue weighted by atomic mass is 10.3. The molecule has 0 atom stereocenters. The summed E-state index contributed by atoms with van der Waals surface area (Å²) in [6.07, 6.45) is 0. The Bertz CT molecular complexity index is 521. The van der Waals surface area contributed by atoms with E-state index < -0.39 is 0 Å². The molecule has 0 amide bonds. The second-order valence-corrected chi connectivity index (χ2v) is 4.00. The van der Waals surface area contributed by atoms with Crippen molar-refractivity contribution in [2.24, 2.45) is 0 Å². The Balaban J connectivity index is 2.20. The fourth-order valence-corrected chi connectivity index (χ4v) is 1.58. The molecule has 0 bridgehead atoms. The van der Waals surface area contributed by atoms with Crippen molar-refractivity contribution in [3.05, 3.63) is 36.0 Å². The highest BCUT2D eigenvalue weighted by Gasteiger charge is 2.01. The molecule has 0 radical (unpaired) electrons. The lowest BCUT2D eigenvalue weighted by Gasteiger charge is -2.09. The zero-order chi connectivity index (χ0) is 13.0. The molecule has 1 aromatic carbocycles. The summed E-state index contributed by atoms with van der Waals surface area (Å²) in [7, 11) is 0. The lowest BCUT2D eigenvalue weighted by Crippen LogP contribution is -2.05. The summed E-state index contributed by atoms with van der Waals surface area (Å²) in [5.41, 5.74) is 8.25. The third kappa shape index (κ3) is 3.10. The summed E-state index contributed by atoms with van der Waals surface area (Å²) in [5.74, 6) is 1.40. The first-order valence-electron chi connectivity index (χ1n) is 5.89. The maximum Gasteiger partial charge on any atom is 0.224 e. The molecule has 0 unspecified atom stereocenters. The van der Waals surface area contributed by atoms with Gasteiger partial charge in [-0.3, -0.25) is 0 Å². The third-order valence-corrected chi connectivity index (χ3v) is 2.37. The van der Waals surface area contributed by atoms with Crippen LogP contribution in [-0.2, 0) is 0 Å². The Kier molecular flexibility index (Phi) is 3.62. The van der Waals surface area contributed by atoms with Crippen molar-refractivity contribution in [3.8, 4) is 0 Å². The molecule has 0 saturated heterocycles. The Morgan fingerprint density at radius 3 is 2.56 bits per heavy atom. The van der Waals surface area contributed by atoms with Gasteiger partial charge in [0, 0.05) is 29.7 Å². The molecule has 0 aliphatic carbocycles. The minimum Gasteiger partial charge on any atom is -0.399 e. The summed E-state index contributed by atoms with van der Waals surface area (Å²) in [6, 6.07) is 9.43. The number of aryl methyl sites for hydroxylation is 1. The molecular weight excluding hydrogens is 226 g/mol. The minimum absolute atomic E-state index is 0.635. The van der Waals surface area contributed by atoms with Gasteiger partial charge in [0.15, 0.2) is 0 Å². The van der Waals surface area contributed by atoms with Gasteiger partial charge in [0.2, 0.25) is 5.95 Å². The Morgan fingerprint density at radius 2 is 1.89 bits per heavy atom. The first kappa shape index (κ1) is 12.2. The molecule has 5 heteroatoms.